The number of benzene rings is 1. The average Bonchev–Trinajstić information content (AvgIpc) is 2.99. The Balaban J connectivity index is 1.69. The molecular formula is C19H18N6O2. The molecule has 8 nitrogen and oxygen atoms in total. The third kappa shape index (κ3) is 2.64. The lowest BCUT2D eigenvalue weighted by molar-refractivity contribution is -0.118. The Morgan fingerprint density at radius 1 is 1.07 bits per heavy atom. The van der Waals surface area contributed by atoms with Crippen molar-refractivity contribution in [3.8, 4) is 0 Å². The lowest BCUT2D eigenvalue weighted by atomic mass is 9.73. The van der Waals surface area contributed by atoms with E-state index in [1.807, 2.05) is 18.2 Å². The van der Waals surface area contributed by atoms with Gasteiger partial charge in [0.1, 0.15) is 0 Å². The zero-order chi connectivity index (χ0) is 18.6. The molecule has 0 unspecified atom stereocenters. The van der Waals surface area contributed by atoms with Crippen molar-refractivity contribution < 1.29 is 9.42 Å². The molecule has 0 saturated heterocycles. The van der Waals surface area contributed by atoms with E-state index in [1.165, 1.54) is 0 Å². The number of carbonyl (C=O) groups excluding carboxylic acids is 1. The number of aromatic nitrogens is 4. The molecule has 136 valence electrons. The van der Waals surface area contributed by atoms with Gasteiger partial charge in [0, 0.05) is 30.1 Å². The van der Waals surface area contributed by atoms with Crippen LogP contribution in [0.25, 0.3) is 11.0 Å². The second-order valence-electron chi connectivity index (χ2n) is 7.80. The first-order chi connectivity index (χ1) is 13.0. The van der Waals surface area contributed by atoms with Crippen LogP contribution in [0.3, 0.4) is 0 Å². The predicted molar refractivity (Wildman–Crippen MR) is 98.9 cm³/mol. The maximum Gasteiger partial charge on any atom is 0.219 e. The van der Waals surface area contributed by atoms with Gasteiger partial charge in [0.15, 0.2) is 5.78 Å². The third-order valence-corrected chi connectivity index (χ3v) is 5.07. The van der Waals surface area contributed by atoms with Crippen molar-refractivity contribution in [1.82, 2.24) is 20.3 Å². The summed E-state index contributed by atoms with van der Waals surface area (Å²) in [5.41, 5.74) is 3.96. The normalized spacial score (nSPS) is 21.1. The lowest BCUT2D eigenvalue weighted by Gasteiger charge is -2.34. The molecule has 8 heteroatoms. The van der Waals surface area contributed by atoms with E-state index in [9.17, 15) is 4.79 Å². The third-order valence-electron chi connectivity index (χ3n) is 5.07. The van der Waals surface area contributed by atoms with Gasteiger partial charge >= 0.3 is 0 Å². The van der Waals surface area contributed by atoms with Crippen molar-refractivity contribution in [3.05, 3.63) is 47.4 Å². The second kappa shape index (κ2) is 5.60. The Morgan fingerprint density at radius 2 is 1.85 bits per heavy atom. The summed E-state index contributed by atoms with van der Waals surface area (Å²) in [5.74, 6) is 1.10. The molecule has 0 bridgehead atoms. The van der Waals surface area contributed by atoms with E-state index >= 15 is 0 Å². The minimum Gasteiger partial charge on any atom is -0.353 e. The van der Waals surface area contributed by atoms with Crippen molar-refractivity contribution in [2.75, 3.05) is 10.6 Å². The zero-order valence-corrected chi connectivity index (χ0v) is 15.0. The van der Waals surface area contributed by atoms with Crippen LogP contribution in [0.1, 0.15) is 38.3 Å². The molecule has 1 aromatic carbocycles. The second-order valence-corrected chi connectivity index (χ2v) is 7.80. The molecule has 5 rings (SSSR count). The summed E-state index contributed by atoms with van der Waals surface area (Å²) >= 11 is 0. The minimum absolute atomic E-state index is 0.118. The average molecular weight is 362 g/mol. The van der Waals surface area contributed by atoms with Gasteiger partial charge in [-0.1, -0.05) is 19.9 Å². The number of fused-ring (bicyclic) bond motifs is 2. The first kappa shape index (κ1) is 15.9. The van der Waals surface area contributed by atoms with Gasteiger partial charge in [-0.3, -0.25) is 14.8 Å². The van der Waals surface area contributed by atoms with E-state index in [4.69, 9.17) is 4.63 Å². The van der Waals surface area contributed by atoms with E-state index < -0.39 is 0 Å². The van der Waals surface area contributed by atoms with Crippen LogP contribution >= 0.6 is 0 Å². The number of allylic oxidation sites excluding steroid dienone is 1. The summed E-state index contributed by atoms with van der Waals surface area (Å²) in [7, 11) is 0. The van der Waals surface area contributed by atoms with Gasteiger partial charge in [-0.15, -0.1) is 0 Å². The molecule has 0 fully saturated rings. The largest absolute Gasteiger partial charge is 0.353 e. The summed E-state index contributed by atoms with van der Waals surface area (Å²) in [4.78, 5) is 21.8. The fourth-order valence-electron chi connectivity index (χ4n) is 3.91. The summed E-state index contributed by atoms with van der Waals surface area (Å²) in [5, 5.41) is 14.5. The van der Waals surface area contributed by atoms with E-state index in [2.05, 4.69) is 44.8 Å². The van der Waals surface area contributed by atoms with E-state index in [1.54, 1.807) is 12.4 Å². The lowest BCUT2D eigenvalue weighted by Crippen LogP contribution is -2.31. The van der Waals surface area contributed by atoms with Crippen molar-refractivity contribution in [1.29, 1.82) is 0 Å². The van der Waals surface area contributed by atoms with Crippen LogP contribution in [-0.4, -0.2) is 26.1 Å². The van der Waals surface area contributed by atoms with Gasteiger partial charge in [0.05, 0.1) is 17.1 Å². The highest BCUT2D eigenvalue weighted by atomic mass is 16.6. The first-order valence-corrected chi connectivity index (χ1v) is 8.83. The number of anilines is 2. The number of carbonyl (C=O) groups is 1. The first-order valence-electron chi connectivity index (χ1n) is 8.83. The molecule has 0 saturated carbocycles. The standard InChI is InChI=1S/C19H18N6O2/c1-19(2)8-13-15(14(26)9-19)16(23-18-17(22-13)24-27-25-18)10-3-4-11-12(7-10)21-6-5-20-11/h3-7,16H,8-9H2,1-2H3,(H,22,24)(H,23,25)/t16-/m0/s1. The van der Waals surface area contributed by atoms with Crippen molar-refractivity contribution in [2.45, 2.75) is 32.7 Å². The molecule has 1 atom stereocenters. The van der Waals surface area contributed by atoms with Crippen LogP contribution in [0.2, 0.25) is 0 Å². The van der Waals surface area contributed by atoms with Gasteiger partial charge in [-0.25, -0.2) is 4.63 Å². The van der Waals surface area contributed by atoms with Gasteiger partial charge in [0.25, 0.3) is 0 Å². The molecule has 2 aromatic heterocycles. The highest BCUT2D eigenvalue weighted by molar-refractivity contribution is 6.00. The van der Waals surface area contributed by atoms with Crippen LogP contribution in [0, 0.1) is 5.41 Å². The fraction of sp³-hybridized carbons (Fsp3) is 0.316. The van der Waals surface area contributed by atoms with Crippen LogP contribution in [0.4, 0.5) is 11.6 Å². The molecule has 2 aliphatic rings. The summed E-state index contributed by atoms with van der Waals surface area (Å²) in [6, 6.07) is 5.47. The Labute approximate surface area is 155 Å². The monoisotopic (exact) mass is 362 g/mol. The van der Waals surface area contributed by atoms with Crippen LogP contribution < -0.4 is 10.6 Å². The zero-order valence-electron chi connectivity index (χ0n) is 15.0. The van der Waals surface area contributed by atoms with Crippen LogP contribution in [0.15, 0.2) is 46.5 Å². The topological polar surface area (TPSA) is 106 Å². The van der Waals surface area contributed by atoms with E-state index in [0.717, 1.165) is 34.3 Å². The highest BCUT2D eigenvalue weighted by Gasteiger charge is 2.39. The number of rotatable bonds is 1. The van der Waals surface area contributed by atoms with Gasteiger partial charge in [-0.05, 0) is 39.8 Å². The molecule has 0 radical (unpaired) electrons. The minimum atomic E-state index is -0.365. The van der Waals surface area contributed by atoms with Gasteiger partial charge in [-0.2, -0.15) is 0 Å². The molecule has 3 heterocycles. The Kier molecular flexibility index (Phi) is 3.30. The quantitative estimate of drug-likeness (QED) is 0.680. The highest BCUT2D eigenvalue weighted by Crippen LogP contribution is 2.44. The Morgan fingerprint density at radius 3 is 2.70 bits per heavy atom. The molecule has 1 aliphatic carbocycles. The number of ketones is 1. The van der Waals surface area contributed by atoms with Crippen molar-refractivity contribution in [3.63, 3.8) is 0 Å². The number of nitrogens with zero attached hydrogens (tertiary/aromatic N) is 4. The fourth-order valence-corrected chi connectivity index (χ4v) is 3.91. The number of hydrogen-bond acceptors (Lipinski definition) is 8. The number of Topliss-reactive ketones (excluding diaryl/α,β-unsaturated/α-hetero) is 1. The molecule has 2 N–H and O–H groups in total. The van der Waals surface area contributed by atoms with Crippen LogP contribution in [0.5, 0.6) is 0 Å². The van der Waals surface area contributed by atoms with E-state index in [0.29, 0.717) is 18.1 Å². The SMILES string of the molecule is CC1(C)CC(=O)C2=C(C1)Nc1nonc1N[C@H]2c1ccc2nccnc2c1. The van der Waals surface area contributed by atoms with E-state index in [-0.39, 0.29) is 17.2 Å². The maximum atomic E-state index is 13.1. The summed E-state index contributed by atoms with van der Waals surface area (Å²) < 4.78 is 4.88. The Hall–Kier alpha value is -3.29. The molecule has 3 aromatic rings. The maximum absolute atomic E-state index is 13.1. The molecule has 1 aliphatic heterocycles. The summed E-state index contributed by atoms with van der Waals surface area (Å²) in [6.07, 6.45) is 4.56. The van der Waals surface area contributed by atoms with Gasteiger partial charge in [0.2, 0.25) is 11.6 Å². The van der Waals surface area contributed by atoms with Crippen LogP contribution in [-0.2, 0) is 4.79 Å². The summed E-state index contributed by atoms with van der Waals surface area (Å²) in [6.45, 7) is 4.19. The number of hydrogen-bond donors (Lipinski definition) is 2. The molecular weight excluding hydrogens is 344 g/mol. The predicted octanol–water partition coefficient (Wildman–Crippen LogP) is 3.23. The van der Waals surface area contributed by atoms with Crippen molar-refractivity contribution in [2.24, 2.45) is 5.41 Å². The number of nitrogens with one attached hydrogen (secondary N) is 2. The smallest absolute Gasteiger partial charge is 0.219 e. The van der Waals surface area contributed by atoms with Gasteiger partial charge < -0.3 is 10.6 Å². The molecule has 0 amide bonds. The van der Waals surface area contributed by atoms with Crippen molar-refractivity contribution >= 4 is 28.5 Å². The molecule has 0 spiro atoms. The molecule has 27 heavy (non-hydrogen) atoms. The Bertz CT molecular complexity index is 1100.